The number of carboxylic acid groups (broad SMARTS) is 1. The molecule has 5 heteroatoms. The van der Waals surface area contributed by atoms with Gasteiger partial charge in [-0.05, 0) is 42.8 Å². The minimum absolute atomic E-state index is 0.0214. The molecule has 0 aliphatic rings. The van der Waals surface area contributed by atoms with Crippen molar-refractivity contribution in [3.05, 3.63) is 53.6 Å². The van der Waals surface area contributed by atoms with E-state index in [4.69, 9.17) is 9.84 Å². The van der Waals surface area contributed by atoms with Gasteiger partial charge in [-0.2, -0.15) is 0 Å². The lowest BCUT2D eigenvalue weighted by atomic mass is 10.0. The molecule has 20 heavy (non-hydrogen) atoms. The summed E-state index contributed by atoms with van der Waals surface area (Å²) in [5, 5.41) is 9.00. The number of aromatic carboxylic acids is 1. The zero-order chi connectivity index (χ0) is 14.7. The van der Waals surface area contributed by atoms with Crippen molar-refractivity contribution in [3.8, 4) is 16.9 Å². The number of halogens is 2. The number of benzene rings is 2. The van der Waals surface area contributed by atoms with Gasteiger partial charge in [-0.15, -0.1) is 0 Å². The number of carbonyl (C=O) groups is 1. The van der Waals surface area contributed by atoms with Gasteiger partial charge < -0.3 is 9.84 Å². The third-order valence-corrected chi connectivity index (χ3v) is 2.70. The minimum atomic E-state index is -1.12. The highest BCUT2D eigenvalue weighted by molar-refractivity contribution is 5.90. The summed E-state index contributed by atoms with van der Waals surface area (Å²) < 4.78 is 32.0. The number of hydrogen-bond acceptors (Lipinski definition) is 2. The van der Waals surface area contributed by atoms with Gasteiger partial charge in [0, 0.05) is 11.6 Å². The molecule has 1 N–H and O–H groups in total. The van der Waals surface area contributed by atoms with Crippen LogP contribution in [0.15, 0.2) is 36.4 Å². The molecule has 104 valence electrons. The van der Waals surface area contributed by atoms with Crippen molar-refractivity contribution in [1.82, 2.24) is 0 Å². The Morgan fingerprint density at radius 1 is 1.15 bits per heavy atom. The molecule has 3 nitrogen and oxygen atoms in total. The van der Waals surface area contributed by atoms with Crippen molar-refractivity contribution >= 4 is 5.97 Å². The zero-order valence-corrected chi connectivity index (χ0v) is 10.7. The molecule has 0 saturated carbocycles. The van der Waals surface area contributed by atoms with E-state index < -0.39 is 17.6 Å². The van der Waals surface area contributed by atoms with Crippen molar-refractivity contribution in [2.45, 2.75) is 6.92 Å². The lowest BCUT2D eigenvalue weighted by Gasteiger charge is -2.11. The molecule has 2 aromatic rings. The molecule has 0 saturated heterocycles. The Bertz CT molecular complexity index is 633. The molecule has 0 bridgehead atoms. The van der Waals surface area contributed by atoms with Gasteiger partial charge >= 0.3 is 5.97 Å². The molecular weight excluding hydrogens is 266 g/mol. The summed E-state index contributed by atoms with van der Waals surface area (Å²) in [4.78, 5) is 11.0. The second-order valence-electron chi connectivity index (χ2n) is 4.11. The average molecular weight is 278 g/mol. The summed E-state index contributed by atoms with van der Waals surface area (Å²) in [5.74, 6) is -2.21. The van der Waals surface area contributed by atoms with Gasteiger partial charge in [0.05, 0.1) is 12.2 Å². The fourth-order valence-corrected chi connectivity index (χ4v) is 1.88. The molecule has 0 spiro atoms. The highest BCUT2D eigenvalue weighted by Crippen LogP contribution is 2.32. The molecule has 2 rings (SSSR count). The molecule has 0 aliphatic heterocycles. The molecule has 0 atom stereocenters. The average Bonchev–Trinajstić information content (AvgIpc) is 2.38. The summed E-state index contributed by atoms with van der Waals surface area (Å²) in [6.07, 6.45) is 0. The number of carboxylic acids is 1. The number of hydrogen-bond donors (Lipinski definition) is 1. The lowest BCUT2D eigenvalue weighted by Crippen LogP contribution is -2.00. The van der Waals surface area contributed by atoms with E-state index in [9.17, 15) is 13.6 Å². The fraction of sp³-hybridized carbons (Fsp3) is 0.133. The molecule has 0 fully saturated rings. The van der Waals surface area contributed by atoms with E-state index in [0.29, 0.717) is 17.9 Å². The Morgan fingerprint density at radius 3 is 2.35 bits per heavy atom. The van der Waals surface area contributed by atoms with Gasteiger partial charge in [-0.3, -0.25) is 0 Å². The first kappa shape index (κ1) is 14.0. The Hall–Kier alpha value is -2.43. The largest absolute Gasteiger partial charge is 0.493 e. The summed E-state index contributed by atoms with van der Waals surface area (Å²) in [6.45, 7) is 2.12. The maximum Gasteiger partial charge on any atom is 0.335 e. The van der Waals surface area contributed by atoms with Crippen LogP contribution in [-0.4, -0.2) is 17.7 Å². The zero-order valence-electron chi connectivity index (χ0n) is 10.7. The van der Waals surface area contributed by atoms with E-state index in [2.05, 4.69) is 0 Å². The summed E-state index contributed by atoms with van der Waals surface area (Å²) in [5.41, 5.74) is 0.590. The molecule has 2 aromatic carbocycles. The fourth-order valence-electron chi connectivity index (χ4n) is 1.88. The Kier molecular flexibility index (Phi) is 3.98. The van der Waals surface area contributed by atoms with E-state index in [1.165, 1.54) is 18.2 Å². The van der Waals surface area contributed by atoms with Crippen molar-refractivity contribution in [2.24, 2.45) is 0 Å². The molecule has 0 aliphatic carbocycles. The van der Waals surface area contributed by atoms with Crippen LogP contribution in [0.4, 0.5) is 8.78 Å². The van der Waals surface area contributed by atoms with Crippen molar-refractivity contribution in [3.63, 3.8) is 0 Å². The number of rotatable bonds is 4. The van der Waals surface area contributed by atoms with Crippen LogP contribution in [0.3, 0.4) is 0 Å². The summed E-state index contributed by atoms with van der Waals surface area (Å²) in [7, 11) is 0. The number of ether oxygens (including phenoxy) is 1. The van der Waals surface area contributed by atoms with Crippen molar-refractivity contribution in [2.75, 3.05) is 6.61 Å². The van der Waals surface area contributed by atoms with E-state index in [1.807, 2.05) is 0 Å². The maximum atomic E-state index is 13.3. The first-order valence-corrected chi connectivity index (χ1v) is 5.98. The van der Waals surface area contributed by atoms with E-state index >= 15 is 0 Å². The summed E-state index contributed by atoms with van der Waals surface area (Å²) in [6, 6.07) is 7.21. The maximum absolute atomic E-state index is 13.3. The molecular formula is C15H12F2O3. The monoisotopic (exact) mass is 278 g/mol. The van der Waals surface area contributed by atoms with Crippen LogP contribution in [0.5, 0.6) is 5.75 Å². The SMILES string of the molecule is CCOc1ccc(C(=O)O)cc1-c1cc(F)cc(F)c1. The van der Waals surface area contributed by atoms with Crippen LogP contribution < -0.4 is 4.74 Å². The van der Waals surface area contributed by atoms with Crippen LogP contribution >= 0.6 is 0 Å². The Labute approximate surface area is 114 Å². The normalized spacial score (nSPS) is 10.3. The molecule has 0 amide bonds. The smallest absolute Gasteiger partial charge is 0.335 e. The predicted molar refractivity (Wildman–Crippen MR) is 69.9 cm³/mol. The van der Waals surface area contributed by atoms with Crippen LogP contribution in [-0.2, 0) is 0 Å². The van der Waals surface area contributed by atoms with Crippen molar-refractivity contribution < 1.29 is 23.4 Å². The summed E-state index contributed by atoms with van der Waals surface area (Å²) >= 11 is 0. The van der Waals surface area contributed by atoms with Gasteiger partial charge in [0.1, 0.15) is 17.4 Å². The van der Waals surface area contributed by atoms with E-state index in [-0.39, 0.29) is 11.1 Å². The van der Waals surface area contributed by atoms with Crippen LogP contribution in [0.25, 0.3) is 11.1 Å². The molecule has 0 radical (unpaired) electrons. The molecule has 0 unspecified atom stereocenters. The van der Waals surface area contributed by atoms with Crippen LogP contribution in [0.1, 0.15) is 17.3 Å². The molecule has 0 heterocycles. The highest BCUT2D eigenvalue weighted by atomic mass is 19.1. The van der Waals surface area contributed by atoms with Gasteiger partial charge in [-0.25, -0.2) is 13.6 Å². The quantitative estimate of drug-likeness (QED) is 0.927. The van der Waals surface area contributed by atoms with Crippen LogP contribution in [0, 0.1) is 11.6 Å². The van der Waals surface area contributed by atoms with Gasteiger partial charge in [0.15, 0.2) is 0 Å². The minimum Gasteiger partial charge on any atom is -0.493 e. The third-order valence-electron chi connectivity index (χ3n) is 2.70. The van der Waals surface area contributed by atoms with Gasteiger partial charge in [-0.1, -0.05) is 0 Å². The van der Waals surface area contributed by atoms with Gasteiger partial charge in [0.2, 0.25) is 0 Å². The Morgan fingerprint density at radius 2 is 1.80 bits per heavy atom. The van der Waals surface area contributed by atoms with Crippen molar-refractivity contribution in [1.29, 1.82) is 0 Å². The third kappa shape index (κ3) is 2.93. The molecule has 0 aromatic heterocycles. The van der Waals surface area contributed by atoms with Crippen LogP contribution in [0.2, 0.25) is 0 Å². The predicted octanol–water partition coefficient (Wildman–Crippen LogP) is 3.73. The van der Waals surface area contributed by atoms with E-state index in [0.717, 1.165) is 18.2 Å². The van der Waals surface area contributed by atoms with Gasteiger partial charge in [0.25, 0.3) is 0 Å². The first-order valence-electron chi connectivity index (χ1n) is 5.98. The first-order chi connectivity index (χ1) is 9.51. The topological polar surface area (TPSA) is 46.5 Å². The highest BCUT2D eigenvalue weighted by Gasteiger charge is 2.13. The Balaban J connectivity index is 2.61. The lowest BCUT2D eigenvalue weighted by molar-refractivity contribution is 0.0697. The second kappa shape index (κ2) is 5.69. The van der Waals surface area contributed by atoms with E-state index in [1.54, 1.807) is 6.92 Å². The second-order valence-corrected chi connectivity index (χ2v) is 4.11. The standard InChI is InChI=1S/C15H12F2O3/c1-2-20-14-4-3-9(15(18)19)7-13(14)10-5-11(16)8-12(17)6-10/h3-8H,2H2,1H3,(H,18,19).